The van der Waals surface area contributed by atoms with E-state index < -0.39 is 15.7 Å². The molecule has 0 unspecified atom stereocenters. The van der Waals surface area contributed by atoms with Gasteiger partial charge in [-0.2, -0.15) is 0 Å². The van der Waals surface area contributed by atoms with Crippen LogP contribution in [0.2, 0.25) is 5.02 Å². The molecule has 0 amide bonds. The van der Waals surface area contributed by atoms with Gasteiger partial charge in [0.25, 0.3) is 0 Å². The first kappa shape index (κ1) is 15.5. The summed E-state index contributed by atoms with van der Waals surface area (Å²) in [6.45, 7) is 0. The molecule has 0 aliphatic rings. The fourth-order valence-electron chi connectivity index (χ4n) is 1.71. The van der Waals surface area contributed by atoms with Crippen molar-refractivity contribution in [2.45, 2.75) is 5.75 Å². The predicted octanol–water partition coefficient (Wildman–Crippen LogP) is 3.65. The zero-order valence-electron chi connectivity index (χ0n) is 11.0. The van der Waals surface area contributed by atoms with E-state index in [-0.39, 0.29) is 11.4 Å². The highest BCUT2D eigenvalue weighted by molar-refractivity contribution is 7.93. The van der Waals surface area contributed by atoms with Crippen molar-refractivity contribution in [3.8, 4) is 0 Å². The van der Waals surface area contributed by atoms with E-state index >= 15 is 0 Å². The van der Waals surface area contributed by atoms with Crippen molar-refractivity contribution >= 4 is 33.2 Å². The second kappa shape index (κ2) is 6.28. The average Bonchev–Trinajstić information content (AvgIpc) is 2.43. The monoisotopic (exact) mass is 325 g/mol. The molecular weight excluding hydrogens is 313 g/mol. The molecule has 110 valence electrons. The highest BCUT2D eigenvalue weighted by atomic mass is 35.5. The minimum absolute atomic E-state index is 0.0211. The van der Waals surface area contributed by atoms with Crippen LogP contribution in [0.1, 0.15) is 11.1 Å². The van der Waals surface area contributed by atoms with Crippen LogP contribution in [0.15, 0.2) is 47.9 Å². The number of sulfone groups is 1. The molecule has 2 N–H and O–H groups in total. The lowest BCUT2D eigenvalue weighted by Crippen LogP contribution is -1.99. The van der Waals surface area contributed by atoms with Gasteiger partial charge < -0.3 is 5.73 Å². The van der Waals surface area contributed by atoms with Crippen molar-refractivity contribution in [2.24, 2.45) is 0 Å². The van der Waals surface area contributed by atoms with Gasteiger partial charge in [0.05, 0.1) is 11.4 Å². The SMILES string of the molecule is Nc1cc(C=CS(=O)(=O)Cc2ccc(Cl)cc2)ccc1F. The minimum atomic E-state index is -3.43. The number of nitrogens with two attached hydrogens (primary N) is 1. The van der Waals surface area contributed by atoms with Crippen LogP contribution >= 0.6 is 11.6 Å². The Morgan fingerprint density at radius 3 is 2.43 bits per heavy atom. The van der Waals surface area contributed by atoms with Crippen molar-refractivity contribution in [1.29, 1.82) is 0 Å². The minimum Gasteiger partial charge on any atom is -0.396 e. The van der Waals surface area contributed by atoms with E-state index in [4.69, 9.17) is 17.3 Å². The first-order valence-electron chi connectivity index (χ1n) is 6.06. The molecule has 0 bridgehead atoms. The molecule has 2 aromatic rings. The number of benzene rings is 2. The van der Waals surface area contributed by atoms with E-state index in [1.165, 1.54) is 24.3 Å². The van der Waals surface area contributed by atoms with E-state index in [0.717, 1.165) is 5.41 Å². The standard InChI is InChI=1S/C15H13ClFNO2S/c16-13-4-1-12(2-5-13)10-21(19,20)8-7-11-3-6-14(17)15(18)9-11/h1-9H,10,18H2. The second-order valence-corrected chi connectivity index (χ2v) is 6.84. The number of anilines is 1. The normalized spacial score (nSPS) is 11.9. The van der Waals surface area contributed by atoms with Crippen LogP contribution in [-0.4, -0.2) is 8.42 Å². The van der Waals surface area contributed by atoms with Crippen molar-refractivity contribution in [3.05, 3.63) is 69.8 Å². The van der Waals surface area contributed by atoms with E-state index in [1.54, 1.807) is 24.3 Å². The Kier molecular flexibility index (Phi) is 4.65. The summed E-state index contributed by atoms with van der Waals surface area (Å²) in [5.74, 6) is -0.659. The Morgan fingerprint density at radius 2 is 1.81 bits per heavy atom. The van der Waals surface area contributed by atoms with Crippen molar-refractivity contribution in [1.82, 2.24) is 0 Å². The van der Waals surface area contributed by atoms with E-state index in [0.29, 0.717) is 16.1 Å². The topological polar surface area (TPSA) is 60.2 Å². The third kappa shape index (κ3) is 4.58. The van der Waals surface area contributed by atoms with Gasteiger partial charge in [0.15, 0.2) is 9.84 Å². The van der Waals surface area contributed by atoms with Crippen LogP contribution < -0.4 is 5.73 Å². The Balaban J connectivity index is 2.14. The third-order valence-corrected chi connectivity index (χ3v) is 4.31. The van der Waals surface area contributed by atoms with Gasteiger partial charge >= 0.3 is 0 Å². The lowest BCUT2D eigenvalue weighted by atomic mass is 10.2. The zero-order chi connectivity index (χ0) is 15.5. The maximum absolute atomic E-state index is 13.0. The number of nitrogen functional groups attached to an aromatic ring is 1. The number of hydrogen-bond acceptors (Lipinski definition) is 3. The maximum Gasteiger partial charge on any atom is 0.175 e. The lowest BCUT2D eigenvalue weighted by molar-refractivity contribution is 0.604. The van der Waals surface area contributed by atoms with E-state index in [9.17, 15) is 12.8 Å². The van der Waals surface area contributed by atoms with Crippen molar-refractivity contribution in [2.75, 3.05) is 5.73 Å². The van der Waals surface area contributed by atoms with E-state index in [1.807, 2.05) is 0 Å². The fourth-order valence-corrected chi connectivity index (χ4v) is 2.95. The molecule has 0 radical (unpaired) electrons. The number of rotatable bonds is 4. The van der Waals surface area contributed by atoms with Crippen molar-refractivity contribution in [3.63, 3.8) is 0 Å². The largest absolute Gasteiger partial charge is 0.396 e. The summed E-state index contributed by atoms with van der Waals surface area (Å²) < 4.78 is 37.0. The van der Waals surface area contributed by atoms with Gasteiger partial charge in [0.1, 0.15) is 5.82 Å². The van der Waals surface area contributed by atoms with Crippen LogP contribution in [0.25, 0.3) is 6.08 Å². The van der Waals surface area contributed by atoms with Crippen LogP contribution in [-0.2, 0) is 15.6 Å². The van der Waals surface area contributed by atoms with Crippen LogP contribution in [0.4, 0.5) is 10.1 Å². The number of halogens is 2. The van der Waals surface area contributed by atoms with Crippen LogP contribution in [0, 0.1) is 5.82 Å². The molecule has 21 heavy (non-hydrogen) atoms. The molecule has 0 saturated carbocycles. The molecule has 2 aromatic carbocycles. The Morgan fingerprint density at radius 1 is 1.14 bits per heavy atom. The van der Waals surface area contributed by atoms with Gasteiger partial charge in [-0.3, -0.25) is 0 Å². The molecule has 3 nitrogen and oxygen atoms in total. The maximum atomic E-state index is 13.0. The molecule has 0 heterocycles. The summed E-state index contributed by atoms with van der Waals surface area (Å²) >= 11 is 5.75. The summed E-state index contributed by atoms with van der Waals surface area (Å²) in [7, 11) is -3.43. The lowest BCUT2D eigenvalue weighted by Gasteiger charge is -2.01. The molecular formula is C15H13ClFNO2S. The van der Waals surface area contributed by atoms with Crippen LogP contribution in [0.3, 0.4) is 0 Å². The third-order valence-electron chi connectivity index (χ3n) is 2.77. The Labute approximate surface area is 127 Å². The zero-order valence-corrected chi connectivity index (χ0v) is 12.5. The first-order valence-corrected chi connectivity index (χ1v) is 8.15. The summed E-state index contributed by atoms with van der Waals surface area (Å²) in [4.78, 5) is 0. The Bertz CT molecular complexity index is 771. The molecule has 0 aliphatic heterocycles. The fraction of sp³-hybridized carbons (Fsp3) is 0.0667. The summed E-state index contributed by atoms with van der Waals surface area (Å²) in [6.07, 6.45) is 1.39. The molecule has 0 aliphatic carbocycles. The van der Waals surface area contributed by atoms with Gasteiger partial charge in [0.2, 0.25) is 0 Å². The molecule has 2 rings (SSSR count). The van der Waals surface area contributed by atoms with E-state index in [2.05, 4.69) is 0 Å². The van der Waals surface area contributed by atoms with Gasteiger partial charge in [-0.1, -0.05) is 29.8 Å². The van der Waals surface area contributed by atoms with Gasteiger partial charge in [-0.05, 0) is 41.5 Å². The smallest absolute Gasteiger partial charge is 0.175 e. The van der Waals surface area contributed by atoms with Crippen LogP contribution in [0.5, 0.6) is 0 Å². The van der Waals surface area contributed by atoms with Gasteiger partial charge in [-0.25, -0.2) is 12.8 Å². The molecule has 0 atom stereocenters. The molecule has 0 spiro atoms. The predicted molar refractivity (Wildman–Crippen MR) is 83.9 cm³/mol. The summed E-state index contributed by atoms with van der Waals surface area (Å²) in [5.41, 5.74) is 6.57. The Hall–Kier alpha value is -1.85. The van der Waals surface area contributed by atoms with Crippen molar-refractivity contribution < 1.29 is 12.8 Å². The second-order valence-electron chi connectivity index (χ2n) is 4.52. The highest BCUT2D eigenvalue weighted by Gasteiger charge is 2.08. The molecule has 6 heteroatoms. The summed E-state index contributed by atoms with van der Waals surface area (Å²) in [6, 6.07) is 10.6. The quantitative estimate of drug-likeness (QED) is 0.873. The van der Waals surface area contributed by atoms with Gasteiger partial charge in [-0.15, -0.1) is 0 Å². The average molecular weight is 326 g/mol. The number of hydrogen-bond donors (Lipinski definition) is 1. The van der Waals surface area contributed by atoms with Gasteiger partial charge in [0, 0.05) is 10.4 Å². The molecule has 0 aromatic heterocycles. The molecule has 0 saturated heterocycles. The molecule has 0 fully saturated rings. The highest BCUT2D eigenvalue weighted by Crippen LogP contribution is 2.16. The first-order chi connectivity index (χ1) is 9.85. The summed E-state index contributed by atoms with van der Waals surface area (Å²) in [5, 5.41) is 1.64.